The molecule has 4 rings (SSSR count). The van der Waals surface area contributed by atoms with E-state index in [1.807, 2.05) is 6.07 Å². The second-order valence-electron chi connectivity index (χ2n) is 10.3. The molecule has 0 saturated carbocycles. The van der Waals surface area contributed by atoms with E-state index in [-0.39, 0.29) is 12.2 Å². The van der Waals surface area contributed by atoms with E-state index in [2.05, 4.69) is 25.5 Å². The summed E-state index contributed by atoms with van der Waals surface area (Å²) < 4.78 is 56.6. The summed E-state index contributed by atoms with van der Waals surface area (Å²) in [5.74, 6) is -3.60. The minimum absolute atomic E-state index is 0.0157. The van der Waals surface area contributed by atoms with Crippen LogP contribution < -0.4 is 10.1 Å². The fraction of sp³-hybridized carbons (Fsp3) is 0.393. The van der Waals surface area contributed by atoms with Gasteiger partial charge in [-0.2, -0.15) is 13.9 Å². The van der Waals surface area contributed by atoms with Gasteiger partial charge in [-0.05, 0) is 58.9 Å². The normalized spacial score (nSPS) is 12.7. The van der Waals surface area contributed by atoms with Gasteiger partial charge in [0.25, 0.3) is 0 Å². The second kappa shape index (κ2) is 10.5. The summed E-state index contributed by atoms with van der Waals surface area (Å²) in [6, 6.07) is 9.15. The molecule has 2 heterocycles. The first kappa shape index (κ1) is 28.3. The lowest BCUT2D eigenvalue weighted by atomic mass is 9.87. The number of benzene rings is 2. The van der Waals surface area contributed by atoms with Crippen LogP contribution in [-0.2, 0) is 16.2 Å². The highest BCUT2D eigenvalue weighted by molar-refractivity contribution is 5.94. The Morgan fingerprint density at radius 1 is 1.03 bits per heavy atom. The Bertz CT molecular complexity index is 1470. The number of anilines is 1. The summed E-state index contributed by atoms with van der Waals surface area (Å²) in [7, 11) is 1.57. The number of nitrogens with zero attached hydrogens (tertiary/aromatic N) is 3. The molecule has 39 heavy (non-hydrogen) atoms. The Morgan fingerprint density at radius 3 is 2.38 bits per heavy atom. The Morgan fingerprint density at radius 2 is 1.74 bits per heavy atom. The van der Waals surface area contributed by atoms with Crippen LogP contribution in [0.4, 0.5) is 19.0 Å². The number of nitrogens with one attached hydrogen (secondary N) is 2. The highest BCUT2D eigenvalue weighted by Crippen LogP contribution is 2.42. The summed E-state index contributed by atoms with van der Waals surface area (Å²) in [5.41, 5.74) is -2.61. The summed E-state index contributed by atoms with van der Waals surface area (Å²) in [6.45, 7) is 7.59. The molecule has 2 aromatic heterocycles. The van der Waals surface area contributed by atoms with Gasteiger partial charge in [-0.25, -0.2) is 14.4 Å². The molecule has 0 amide bonds. The minimum Gasteiger partial charge on any atom is -0.490 e. The number of ether oxygens (including phenoxy) is 2. The number of fused-ring (bicyclic) bond motifs is 1. The van der Waals surface area contributed by atoms with Crippen molar-refractivity contribution in [3.8, 4) is 17.0 Å². The number of rotatable bonds is 10. The van der Waals surface area contributed by atoms with E-state index < -0.39 is 28.4 Å². The first-order valence-corrected chi connectivity index (χ1v) is 12.4. The summed E-state index contributed by atoms with van der Waals surface area (Å²) >= 11 is 0. The maximum Gasteiger partial charge on any atom is 0.303 e. The standard InChI is InChI=1S/C28H32F3N5O3/c1-16-33-22-14-17(21-10-11-32-36-21)23(39-13-12-38-6)15-18(22)25(34-16)35-26(2,3)19-8-7-9-20(24(19)29)28(30,31)27(4,5)37/h7-11,14-15,37H,12-13H2,1-6H3,(H,32,36)(H,33,34,35). The Balaban J connectivity index is 1.82. The van der Waals surface area contributed by atoms with E-state index in [1.165, 1.54) is 12.1 Å². The van der Waals surface area contributed by atoms with Crippen molar-refractivity contribution in [3.63, 3.8) is 0 Å². The molecular formula is C28H32F3N5O3. The molecule has 4 aromatic rings. The highest BCUT2D eigenvalue weighted by Gasteiger charge is 2.49. The third-order valence-corrected chi connectivity index (χ3v) is 6.44. The lowest BCUT2D eigenvalue weighted by Crippen LogP contribution is -2.41. The molecule has 0 radical (unpaired) electrons. The summed E-state index contributed by atoms with van der Waals surface area (Å²) in [6.07, 6.45) is 1.70. The number of halogens is 3. The molecule has 11 heteroatoms. The molecule has 0 spiro atoms. The fourth-order valence-corrected chi connectivity index (χ4v) is 4.28. The molecule has 0 saturated heterocycles. The average molecular weight is 544 g/mol. The zero-order chi connectivity index (χ0) is 28.6. The van der Waals surface area contributed by atoms with Crippen molar-refractivity contribution >= 4 is 16.7 Å². The lowest BCUT2D eigenvalue weighted by molar-refractivity contribution is -0.170. The molecule has 0 aliphatic carbocycles. The van der Waals surface area contributed by atoms with E-state index in [1.54, 1.807) is 46.2 Å². The van der Waals surface area contributed by atoms with Crippen LogP contribution in [0.5, 0.6) is 5.75 Å². The van der Waals surface area contributed by atoms with Crippen molar-refractivity contribution in [2.24, 2.45) is 0 Å². The maximum atomic E-state index is 15.6. The van der Waals surface area contributed by atoms with Gasteiger partial charge in [0, 0.05) is 29.8 Å². The quantitative estimate of drug-likeness (QED) is 0.220. The number of methoxy groups -OCH3 is 1. The van der Waals surface area contributed by atoms with Crippen molar-refractivity contribution in [3.05, 3.63) is 65.4 Å². The number of hydrogen-bond donors (Lipinski definition) is 3. The first-order chi connectivity index (χ1) is 18.3. The third kappa shape index (κ3) is 5.55. The van der Waals surface area contributed by atoms with Crippen molar-refractivity contribution in [2.45, 2.75) is 51.7 Å². The van der Waals surface area contributed by atoms with Crippen LogP contribution in [-0.4, -0.2) is 51.2 Å². The summed E-state index contributed by atoms with van der Waals surface area (Å²) in [5, 5.41) is 20.9. The van der Waals surface area contributed by atoms with Crippen LogP contribution in [0.2, 0.25) is 0 Å². The molecular weight excluding hydrogens is 511 g/mol. The highest BCUT2D eigenvalue weighted by atomic mass is 19.3. The number of aliphatic hydroxyl groups is 1. The van der Waals surface area contributed by atoms with Crippen molar-refractivity contribution in [1.82, 2.24) is 20.2 Å². The van der Waals surface area contributed by atoms with Gasteiger partial charge in [-0.1, -0.05) is 12.1 Å². The smallest absolute Gasteiger partial charge is 0.303 e. The van der Waals surface area contributed by atoms with Crippen molar-refractivity contribution < 1.29 is 27.8 Å². The van der Waals surface area contributed by atoms with Crippen LogP contribution in [0.15, 0.2) is 42.6 Å². The molecule has 0 bridgehead atoms. The van der Waals surface area contributed by atoms with Gasteiger partial charge in [-0.15, -0.1) is 0 Å². The maximum absolute atomic E-state index is 15.6. The molecule has 8 nitrogen and oxygen atoms in total. The largest absolute Gasteiger partial charge is 0.490 e. The number of aryl methyl sites for hydroxylation is 1. The van der Waals surface area contributed by atoms with Crippen LogP contribution in [0.1, 0.15) is 44.6 Å². The Labute approximate surface area is 224 Å². The number of hydrogen-bond acceptors (Lipinski definition) is 7. The van der Waals surface area contributed by atoms with Gasteiger partial charge >= 0.3 is 5.92 Å². The molecule has 3 N–H and O–H groups in total. The SMILES string of the molecule is COCCOc1cc2c(NC(C)(C)c3cccc(C(F)(F)C(C)(C)O)c3F)nc(C)nc2cc1-c1cc[nH]n1. The molecule has 0 fully saturated rings. The monoisotopic (exact) mass is 543 g/mol. The van der Waals surface area contributed by atoms with Crippen LogP contribution in [0.25, 0.3) is 22.2 Å². The lowest BCUT2D eigenvalue weighted by Gasteiger charge is -2.33. The second-order valence-corrected chi connectivity index (χ2v) is 10.3. The van der Waals surface area contributed by atoms with Crippen molar-refractivity contribution in [1.29, 1.82) is 0 Å². The van der Waals surface area contributed by atoms with Crippen LogP contribution in [0.3, 0.4) is 0 Å². The summed E-state index contributed by atoms with van der Waals surface area (Å²) in [4.78, 5) is 9.12. The average Bonchev–Trinajstić information content (AvgIpc) is 3.38. The van der Waals surface area contributed by atoms with Gasteiger partial charge in [0.15, 0.2) is 0 Å². The number of aromatic amines is 1. The van der Waals surface area contributed by atoms with Crippen LogP contribution >= 0.6 is 0 Å². The predicted octanol–water partition coefficient (Wildman–Crippen LogP) is 5.70. The molecule has 0 aliphatic heterocycles. The number of alkyl halides is 2. The molecule has 0 unspecified atom stereocenters. The first-order valence-electron chi connectivity index (χ1n) is 12.4. The Kier molecular flexibility index (Phi) is 7.59. The minimum atomic E-state index is -3.82. The van der Waals surface area contributed by atoms with Crippen molar-refractivity contribution in [2.75, 3.05) is 25.6 Å². The van der Waals surface area contributed by atoms with Gasteiger partial charge in [0.2, 0.25) is 0 Å². The van der Waals surface area contributed by atoms with E-state index in [9.17, 15) is 13.9 Å². The van der Waals surface area contributed by atoms with E-state index in [4.69, 9.17) is 9.47 Å². The predicted molar refractivity (Wildman–Crippen MR) is 142 cm³/mol. The topological polar surface area (TPSA) is 105 Å². The number of H-pyrrole nitrogens is 1. The molecule has 0 aliphatic rings. The van der Waals surface area contributed by atoms with Gasteiger partial charge in [0.05, 0.1) is 28.9 Å². The van der Waals surface area contributed by atoms with Gasteiger partial charge in [-0.3, -0.25) is 5.10 Å². The zero-order valence-electron chi connectivity index (χ0n) is 22.7. The third-order valence-electron chi connectivity index (χ3n) is 6.44. The van der Waals surface area contributed by atoms with Crippen LogP contribution in [0, 0.1) is 12.7 Å². The van der Waals surface area contributed by atoms with E-state index >= 15 is 4.39 Å². The van der Waals surface area contributed by atoms with Gasteiger partial charge < -0.3 is 19.9 Å². The fourth-order valence-electron chi connectivity index (χ4n) is 4.28. The van der Waals surface area contributed by atoms with E-state index in [0.29, 0.717) is 46.2 Å². The zero-order valence-corrected chi connectivity index (χ0v) is 22.7. The number of aromatic nitrogens is 4. The van der Waals surface area contributed by atoms with Gasteiger partial charge in [0.1, 0.15) is 35.4 Å². The molecule has 2 aromatic carbocycles. The Hall–Kier alpha value is -3.70. The molecule has 208 valence electrons. The van der Waals surface area contributed by atoms with E-state index in [0.717, 1.165) is 19.9 Å². The molecule has 0 atom stereocenters.